The SMILES string of the molecule is C[C@H](N)c1ccc(Sc2nncs2)c(Br)c1. The minimum atomic E-state index is 0.0527. The van der Waals surface area contributed by atoms with E-state index in [0.29, 0.717) is 0 Å². The molecule has 1 atom stereocenters. The standard InChI is InChI=1S/C10H10BrN3S2/c1-6(12)7-2-3-9(8(11)4-7)16-10-14-13-5-15-10/h2-6H,12H2,1H3/t6-/m0/s1. The molecule has 0 saturated heterocycles. The molecule has 84 valence electrons. The average molecular weight is 316 g/mol. The fraction of sp³-hybridized carbons (Fsp3) is 0.200. The molecule has 0 saturated carbocycles. The molecule has 0 aliphatic heterocycles. The number of rotatable bonds is 3. The summed E-state index contributed by atoms with van der Waals surface area (Å²) in [5.41, 5.74) is 8.67. The van der Waals surface area contributed by atoms with Crippen molar-refractivity contribution in [2.24, 2.45) is 5.73 Å². The Kier molecular flexibility index (Phi) is 3.96. The molecule has 16 heavy (non-hydrogen) atoms. The number of nitrogens with two attached hydrogens (primary N) is 1. The van der Waals surface area contributed by atoms with Gasteiger partial charge in [-0.15, -0.1) is 10.2 Å². The minimum absolute atomic E-state index is 0.0527. The van der Waals surface area contributed by atoms with Gasteiger partial charge in [0.05, 0.1) is 0 Å². The van der Waals surface area contributed by atoms with Crippen LogP contribution in [0.15, 0.2) is 37.4 Å². The van der Waals surface area contributed by atoms with Crippen molar-refractivity contribution < 1.29 is 0 Å². The summed E-state index contributed by atoms with van der Waals surface area (Å²) in [6, 6.07) is 6.19. The molecule has 0 amide bonds. The lowest BCUT2D eigenvalue weighted by Crippen LogP contribution is -2.04. The first-order valence-electron chi connectivity index (χ1n) is 4.66. The number of nitrogens with zero attached hydrogens (tertiary/aromatic N) is 2. The normalized spacial score (nSPS) is 12.7. The summed E-state index contributed by atoms with van der Waals surface area (Å²) in [6.45, 7) is 1.97. The van der Waals surface area contributed by atoms with E-state index < -0.39 is 0 Å². The van der Waals surface area contributed by atoms with Crippen molar-refractivity contribution in [1.82, 2.24) is 10.2 Å². The van der Waals surface area contributed by atoms with Crippen LogP contribution in [0.25, 0.3) is 0 Å². The highest BCUT2D eigenvalue weighted by molar-refractivity contribution is 9.10. The first kappa shape index (κ1) is 12.0. The van der Waals surface area contributed by atoms with E-state index in [-0.39, 0.29) is 6.04 Å². The Morgan fingerprint density at radius 1 is 1.50 bits per heavy atom. The van der Waals surface area contributed by atoms with Gasteiger partial charge < -0.3 is 5.73 Å². The van der Waals surface area contributed by atoms with Crippen molar-refractivity contribution >= 4 is 39.0 Å². The maximum absolute atomic E-state index is 5.82. The summed E-state index contributed by atoms with van der Waals surface area (Å²) in [4.78, 5) is 1.13. The van der Waals surface area contributed by atoms with Crippen LogP contribution in [0.4, 0.5) is 0 Å². The van der Waals surface area contributed by atoms with Crippen LogP contribution in [0, 0.1) is 0 Å². The van der Waals surface area contributed by atoms with Crippen LogP contribution in [-0.2, 0) is 0 Å². The van der Waals surface area contributed by atoms with E-state index in [1.54, 1.807) is 17.3 Å². The third kappa shape index (κ3) is 2.82. The van der Waals surface area contributed by atoms with Crippen LogP contribution in [0.2, 0.25) is 0 Å². The molecule has 2 aromatic rings. The Morgan fingerprint density at radius 3 is 2.88 bits per heavy atom. The van der Waals surface area contributed by atoms with Crippen molar-refractivity contribution in [2.75, 3.05) is 0 Å². The Labute approximate surface area is 111 Å². The number of halogens is 1. The molecule has 6 heteroatoms. The van der Waals surface area contributed by atoms with E-state index >= 15 is 0 Å². The molecule has 2 rings (SSSR count). The second-order valence-electron chi connectivity index (χ2n) is 3.29. The molecule has 0 fully saturated rings. The average Bonchev–Trinajstić information content (AvgIpc) is 2.73. The van der Waals surface area contributed by atoms with Crippen molar-refractivity contribution in [3.05, 3.63) is 33.7 Å². The van der Waals surface area contributed by atoms with Crippen LogP contribution in [-0.4, -0.2) is 10.2 Å². The van der Waals surface area contributed by atoms with Crippen LogP contribution < -0.4 is 5.73 Å². The van der Waals surface area contributed by atoms with Crippen LogP contribution in [0.1, 0.15) is 18.5 Å². The fourth-order valence-electron chi connectivity index (χ4n) is 1.18. The van der Waals surface area contributed by atoms with Crippen molar-refractivity contribution in [2.45, 2.75) is 22.2 Å². The number of benzene rings is 1. The van der Waals surface area contributed by atoms with E-state index in [1.165, 1.54) is 11.3 Å². The van der Waals surface area contributed by atoms with Gasteiger partial charge in [0.25, 0.3) is 0 Å². The summed E-state index contributed by atoms with van der Waals surface area (Å²) < 4.78 is 1.98. The van der Waals surface area contributed by atoms with Gasteiger partial charge in [0.2, 0.25) is 0 Å². The summed E-state index contributed by atoms with van der Waals surface area (Å²) in [6.07, 6.45) is 0. The number of aromatic nitrogens is 2. The lowest BCUT2D eigenvalue weighted by atomic mass is 10.1. The van der Waals surface area contributed by atoms with E-state index in [1.807, 2.05) is 19.1 Å². The number of hydrogen-bond acceptors (Lipinski definition) is 5. The maximum atomic E-state index is 5.82. The quantitative estimate of drug-likeness (QED) is 0.942. The zero-order valence-electron chi connectivity index (χ0n) is 8.55. The fourth-order valence-corrected chi connectivity index (χ4v) is 3.26. The molecular formula is C10H10BrN3S2. The molecule has 0 radical (unpaired) electrons. The lowest BCUT2D eigenvalue weighted by Gasteiger charge is -2.08. The highest BCUT2D eigenvalue weighted by Crippen LogP contribution is 2.35. The van der Waals surface area contributed by atoms with Crippen molar-refractivity contribution in [3.63, 3.8) is 0 Å². The van der Waals surface area contributed by atoms with Crippen molar-refractivity contribution in [3.8, 4) is 0 Å². The maximum Gasteiger partial charge on any atom is 0.178 e. The van der Waals surface area contributed by atoms with Crippen molar-refractivity contribution in [1.29, 1.82) is 0 Å². The first-order chi connectivity index (χ1) is 7.66. The molecule has 0 unspecified atom stereocenters. The molecule has 3 nitrogen and oxygen atoms in total. The molecule has 1 aromatic carbocycles. The van der Waals surface area contributed by atoms with E-state index in [2.05, 4.69) is 32.2 Å². The molecule has 0 bridgehead atoms. The third-order valence-corrected chi connectivity index (χ3v) is 4.79. The highest BCUT2D eigenvalue weighted by Gasteiger charge is 2.07. The van der Waals surface area contributed by atoms with Gasteiger partial charge >= 0.3 is 0 Å². The Hall–Kier alpha value is -0.430. The third-order valence-electron chi connectivity index (χ3n) is 2.02. The van der Waals surface area contributed by atoms with Gasteiger partial charge in [0.15, 0.2) is 4.34 Å². The summed E-state index contributed by atoms with van der Waals surface area (Å²) >= 11 is 6.67. The molecule has 2 N–H and O–H groups in total. The van der Waals surface area contributed by atoms with Gasteiger partial charge in [-0.05, 0) is 40.5 Å². The van der Waals surface area contributed by atoms with E-state index in [9.17, 15) is 0 Å². The second kappa shape index (κ2) is 5.27. The Bertz CT molecular complexity index is 471. The van der Waals surface area contributed by atoms with Gasteiger partial charge in [-0.25, -0.2) is 0 Å². The molecule has 1 heterocycles. The van der Waals surface area contributed by atoms with Gasteiger partial charge in [-0.2, -0.15) is 0 Å². The summed E-state index contributed by atoms with van der Waals surface area (Å²) in [7, 11) is 0. The zero-order chi connectivity index (χ0) is 11.5. The molecule has 0 spiro atoms. The predicted molar refractivity (Wildman–Crippen MR) is 70.8 cm³/mol. The van der Waals surface area contributed by atoms with Gasteiger partial charge in [0.1, 0.15) is 5.51 Å². The highest BCUT2D eigenvalue weighted by atomic mass is 79.9. The molecule has 0 aliphatic carbocycles. The summed E-state index contributed by atoms with van der Waals surface area (Å²) in [5.74, 6) is 0. The van der Waals surface area contributed by atoms with Gasteiger partial charge in [-0.1, -0.05) is 29.2 Å². The monoisotopic (exact) mass is 315 g/mol. The van der Waals surface area contributed by atoms with Crippen LogP contribution in [0.3, 0.4) is 0 Å². The second-order valence-corrected chi connectivity index (χ2v) is 6.26. The number of hydrogen-bond donors (Lipinski definition) is 1. The molecule has 1 aromatic heterocycles. The van der Waals surface area contributed by atoms with Crippen LogP contribution >= 0.6 is 39.0 Å². The van der Waals surface area contributed by atoms with Gasteiger partial charge in [0, 0.05) is 15.4 Å². The minimum Gasteiger partial charge on any atom is -0.324 e. The smallest absolute Gasteiger partial charge is 0.178 e. The molecule has 0 aliphatic rings. The Morgan fingerprint density at radius 2 is 2.31 bits per heavy atom. The lowest BCUT2D eigenvalue weighted by molar-refractivity contribution is 0.815. The first-order valence-corrected chi connectivity index (χ1v) is 7.15. The summed E-state index contributed by atoms with van der Waals surface area (Å²) in [5, 5.41) is 7.80. The van der Waals surface area contributed by atoms with Crippen LogP contribution in [0.5, 0.6) is 0 Å². The van der Waals surface area contributed by atoms with E-state index in [4.69, 9.17) is 5.73 Å². The predicted octanol–water partition coefficient (Wildman–Crippen LogP) is 3.47. The van der Waals surface area contributed by atoms with E-state index in [0.717, 1.165) is 19.3 Å². The largest absolute Gasteiger partial charge is 0.324 e. The Balaban J connectivity index is 2.23. The topological polar surface area (TPSA) is 51.8 Å². The molecular weight excluding hydrogens is 306 g/mol. The van der Waals surface area contributed by atoms with Gasteiger partial charge in [-0.3, -0.25) is 0 Å². The zero-order valence-corrected chi connectivity index (χ0v) is 11.8.